The summed E-state index contributed by atoms with van der Waals surface area (Å²) in [5, 5.41) is 10.3. The summed E-state index contributed by atoms with van der Waals surface area (Å²) in [6.45, 7) is 18.8. The van der Waals surface area contributed by atoms with Gasteiger partial charge in [-0.3, -0.25) is 0 Å². The molecule has 0 radical (unpaired) electrons. The molecule has 0 unspecified atom stereocenters. The minimum atomic E-state index is -0.0953. The topological polar surface area (TPSA) is 20.2 Å². The fourth-order valence-electron chi connectivity index (χ4n) is 8.93. The Kier molecular flexibility index (Phi) is 6.41. The second-order valence-electron chi connectivity index (χ2n) is 12.7. The summed E-state index contributed by atoms with van der Waals surface area (Å²) in [6, 6.07) is 0. The van der Waals surface area contributed by atoms with Crippen LogP contribution in [-0.2, 0) is 0 Å². The first-order valence-electron chi connectivity index (χ1n) is 13.3. The Morgan fingerprint density at radius 1 is 1.06 bits per heavy atom. The van der Waals surface area contributed by atoms with E-state index in [9.17, 15) is 5.11 Å². The Morgan fingerprint density at radius 2 is 1.81 bits per heavy atom. The van der Waals surface area contributed by atoms with E-state index < -0.39 is 0 Å². The third kappa shape index (κ3) is 3.92. The molecule has 1 nitrogen and oxygen atoms in total. The van der Waals surface area contributed by atoms with E-state index in [0.717, 1.165) is 36.5 Å². The molecule has 4 aliphatic rings. The largest absolute Gasteiger partial charge is 0.393 e. The molecule has 0 aromatic rings. The van der Waals surface area contributed by atoms with Crippen molar-refractivity contribution in [2.24, 2.45) is 52.3 Å². The van der Waals surface area contributed by atoms with E-state index in [0.29, 0.717) is 28.6 Å². The molecule has 1 heteroatoms. The molecule has 1 N–H and O–H groups in total. The maximum absolute atomic E-state index is 10.3. The van der Waals surface area contributed by atoms with Gasteiger partial charge in [-0.05, 0) is 111 Å². The summed E-state index contributed by atoms with van der Waals surface area (Å²) < 4.78 is 0. The zero-order valence-corrected chi connectivity index (χ0v) is 21.2. The molecule has 4 aliphatic carbocycles. The molecule has 0 bridgehead atoms. The van der Waals surface area contributed by atoms with Crippen LogP contribution < -0.4 is 0 Å². The normalized spacial score (nSPS) is 44.4. The first kappa shape index (κ1) is 23.3. The molecule has 3 fully saturated rings. The summed E-state index contributed by atoms with van der Waals surface area (Å²) in [7, 11) is 0. The molecule has 3 saturated carbocycles. The van der Waals surface area contributed by atoms with Crippen molar-refractivity contribution in [3.8, 4) is 0 Å². The monoisotopic (exact) mass is 424 g/mol. The number of fused-ring (bicyclic) bond motifs is 5. The molecule has 174 valence electrons. The Bertz CT molecular complexity index is 744. The van der Waals surface area contributed by atoms with E-state index in [4.69, 9.17) is 0 Å². The van der Waals surface area contributed by atoms with Crippen molar-refractivity contribution in [2.45, 2.75) is 99.0 Å². The van der Waals surface area contributed by atoms with Crippen LogP contribution in [0, 0.1) is 52.3 Å². The highest BCUT2D eigenvalue weighted by atomic mass is 16.3. The van der Waals surface area contributed by atoms with Crippen LogP contribution in [0.5, 0.6) is 0 Å². The van der Waals surface area contributed by atoms with Crippen molar-refractivity contribution >= 4 is 0 Å². The Morgan fingerprint density at radius 3 is 2.48 bits per heavy atom. The fraction of sp³-hybridized carbons (Fsp3) is 0.800. The predicted molar refractivity (Wildman–Crippen MR) is 133 cm³/mol. The van der Waals surface area contributed by atoms with Crippen LogP contribution in [0.2, 0.25) is 0 Å². The molecular weight excluding hydrogens is 376 g/mol. The van der Waals surface area contributed by atoms with Crippen LogP contribution in [0.3, 0.4) is 0 Å². The van der Waals surface area contributed by atoms with Crippen molar-refractivity contribution in [1.82, 2.24) is 0 Å². The highest BCUT2D eigenvalue weighted by molar-refractivity contribution is 5.25. The summed E-state index contributed by atoms with van der Waals surface area (Å²) in [5.74, 6) is 5.20. The second kappa shape index (κ2) is 8.51. The predicted octanol–water partition coefficient (Wildman–Crippen LogP) is 7.97. The Hall–Kier alpha value is -0.820. The zero-order valence-electron chi connectivity index (χ0n) is 21.2. The number of aliphatic hydroxyl groups is 1. The molecule has 0 saturated heterocycles. The van der Waals surface area contributed by atoms with Gasteiger partial charge in [0, 0.05) is 0 Å². The van der Waals surface area contributed by atoms with Gasteiger partial charge in [-0.25, -0.2) is 0 Å². The van der Waals surface area contributed by atoms with Gasteiger partial charge in [0.15, 0.2) is 0 Å². The minimum absolute atomic E-state index is 0.0953. The number of allylic oxidation sites excluding steroid dienone is 4. The van der Waals surface area contributed by atoms with E-state index in [1.807, 2.05) is 0 Å². The third-order valence-corrected chi connectivity index (χ3v) is 10.7. The van der Waals surface area contributed by atoms with E-state index in [2.05, 4.69) is 66.3 Å². The third-order valence-electron chi connectivity index (χ3n) is 10.7. The Balaban J connectivity index is 1.52. The highest BCUT2D eigenvalue weighted by Gasteiger charge is 2.58. The van der Waals surface area contributed by atoms with Gasteiger partial charge in [-0.1, -0.05) is 70.6 Å². The number of hydrogen-bond acceptors (Lipinski definition) is 1. The maximum atomic E-state index is 10.3. The SMILES string of the molecule is C=C(C)[C@@H](/C=C/[C@@H](C)[C@H]1CC[C@H]2[C@@H]3CC=C4C[C@@H](O)CC[C@]4(C)[C@H]3CC[C@]12C)C(C)C. The summed E-state index contributed by atoms with van der Waals surface area (Å²) in [5.41, 5.74) is 3.75. The second-order valence-corrected chi connectivity index (χ2v) is 12.7. The molecule has 0 aromatic heterocycles. The van der Waals surface area contributed by atoms with E-state index >= 15 is 0 Å². The van der Waals surface area contributed by atoms with Crippen molar-refractivity contribution in [3.05, 3.63) is 36.0 Å². The van der Waals surface area contributed by atoms with Crippen LogP contribution in [0.15, 0.2) is 36.0 Å². The van der Waals surface area contributed by atoms with Gasteiger partial charge in [0.1, 0.15) is 0 Å². The van der Waals surface area contributed by atoms with Crippen molar-refractivity contribution in [3.63, 3.8) is 0 Å². The van der Waals surface area contributed by atoms with Gasteiger partial charge in [0.2, 0.25) is 0 Å². The van der Waals surface area contributed by atoms with E-state index in [-0.39, 0.29) is 6.10 Å². The first-order valence-corrected chi connectivity index (χ1v) is 13.3. The number of aliphatic hydroxyl groups excluding tert-OH is 1. The highest BCUT2D eigenvalue weighted by Crippen LogP contribution is 2.67. The molecular formula is C30H48O. The quantitative estimate of drug-likeness (QED) is 0.444. The molecule has 0 aromatic carbocycles. The van der Waals surface area contributed by atoms with Crippen molar-refractivity contribution in [2.75, 3.05) is 0 Å². The summed E-state index contributed by atoms with van der Waals surface area (Å²) in [4.78, 5) is 0. The van der Waals surface area contributed by atoms with Crippen LogP contribution in [0.25, 0.3) is 0 Å². The summed E-state index contributed by atoms with van der Waals surface area (Å²) >= 11 is 0. The lowest BCUT2D eigenvalue weighted by Gasteiger charge is -2.58. The molecule has 31 heavy (non-hydrogen) atoms. The molecule has 0 amide bonds. The van der Waals surface area contributed by atoms with Crippen LogP contribution in [0.4, 0.5) is 0 Å². The molecule has 0 heterocycles. The standard InChI is InChI=1S/C30H48O/c1-19(2)24(20(3)4)10-8-21(5)26-12-13-27-25-11-9-22-18-23(31)14-16-29(22,6)28(25)15-17-30(26,27)7/h8-10,20-21,23-28,31H,1,11-18H2,2-7H3/b10-8+/t21-,23+,24-,25+,26-,27+,28+,29+,30-/m1/s1. The van der Waals surface area contributed by atoms with Crippen molar-refractivity contribution in [1.29, 1.82) is 0 Å². The molecule has 0 aliphatic heterocycles. The van der Waals surface area contributed by atoms with Gasteiger partial charge < -0.3 is 5.11 Å². The van der Waals surface area contributed by atoms with Gasteiger partial charge in [0.05, 0.1) is 6.10 Å². The van der Waals surface area contributed by atoms with Gasteiger partial charge >= 0.3 is 0 Å². The number of hydrogen-bond donors (Lipinski definition) is 1. The lowest BCUT2D eigenvalue weighted by molar-refractivity contribution is -0.0540. The average Bonchev–Trinajstić information content (AvgIpc) is 3.05. The van der Waals surface area contributed by atoms with Crippen LogP contribution in [-0.4, -0.2) is 11.2 Å². The first-order chi connectivity index (χ1) is 14.6. The average molecular weight is 425 g/mol. The lowest BCUT2D eigenvalue weighted by atomic mass is 9.47. The van der Waals surface area contributed by atoms with E-state index in [1.165, 1.54) is 44.1 Å². The molecule has 0 spiro atoms. The fourth-order valence-corrected chi connectivity index (χ4v) is 8.93. The van der Waals surface area contributed by atoms with E-state index in [1.54, 1.807) is 5.57 Å². The molecule has 4 rings (SSSR count). The smallest absolute Gasteiger partial charge is 0.0577 e. The maximum Gasteiger partial charge on any atom is 0.0577 e. The van der Waals surface area contributed by atoms with Crippen molar-refractivity contribution < 1.29 is 5.11 Å². The molecule has 9 atom stereocenters. The Labute approximate surface area is 192 Å². The zero-order chi connectivity index (χ0) is 22.6. The minimum Gasteiger partial charge on any atom is -0.393 e. The number of rotatable bonds is 5. The van der Waals surface area contributed by atoms with Gasteiger partial charge in [-0.15, -0.1) is 0 Å². The van der Waals surface area contributed by atoms with Gasteiger partial charge in [0.25, 0.3) is 0 Å². The lowest BCUT2D eigenvalue weighted by Crippen LogP contribution is -2.50. The van der Waals surface area contributed by atoms with Gasteiger partial charge in [-0.2, -0.15) is 0 Å². The van der Waals surface area contributed by atoms with Crippen LogP contribution >= 0.6 is 0 Å². The summed E-state index contributed by atoms with van der Waals surface area (Å²) in [6.07, 6.45) is 17.5. The van der Waals surface area contributed by atoms with Crippen LogP contribution in [0.1, 0.15) is 92.9 Å².